The number of halogens is 1. The van der Waals surface area contributed by atoms with E-state index in [9.17, 15) is 20.1 Å². The van der Waals surface area contributed by atoms with Gasteiger partial charge in [-0.25, -0.2) is 4.79 Å². The molecule has 5 nitrogen and oxygen atoms in total. The van der Waals surface area contributed by atoms with Gasteiger partial charge >= 0.3 is 5.97 Å². The van der Waals surface area contributed by atoms with Crippen molar-refractivity contribution in [3.63, 3.8) is 0 Å². The topological polar surface area (TPSA) is 87.0 Å². The van der Waals surface area contributed by atoms with Crippen molar-refractivity contribution < 1.29 is 24.9 Å². The molecule has 80 valence electrons. The molecule has 0 aromatic rings. The molecule has 1 rings (SSSR count). The lowest BCUT2D eigenvalue weighted by Crippen LogP contribution is -2.44. The average molecular weight is 267 g/mol. The maximum atomic E-state index is 10.6. The lowest BCUT2D eigenvalue weighted by molar-refractivity contribution is -0.149. The molecule has 0 saturated heterocycles. The fourth-order valence-electron chi connectivity index (χ4n) is 1.08. The minimum Gasteiger partial charge on any atom is -0.452 e. The van der Waals surface area contributed by atoms with Gasteiger partial charge in [-0.3, -0.25) is 0 Å². The number of hydrogen-bond donors (Lipinski definition) is 3. The average Bonchev–Trinajstić information content (AvgIpc) is 2.61. The van der Waals surface area contributed by atoms with Crippen LogP contribution in [0.1, 0.15) is 0 Å². The number of aliphatic hydroxyl groups is 3. The summed E-state index contributed by atoms with van der Waals surface area (Å²) in [5, 5.41) is 28.2. The Morgan fingerprint density at radius 3 is 2.57 bits per heavy atom. The first-order chi connectivity index (χ1) is 6.56. The Morgan fingerprint density at radius 1 is 1.50 bits per heavy atom. The van der Waals surface area contributed by atoms with E-state index >= 15 is 0 Å². The predicted octanol–water partition coefficient (Wildman–Crippen LogP) is -1.05. The maximum absolute atomic E-state index is 10.6. The second-order valence-corrected chi connectivity index (χ2v) is 3.61. The molecular formula is C8H11BrO5. The third-order valence-corrected chi connectivity index (χ3v) is 2.58. The lowest BCUT2D eigenvalue weighted by atomic mass is 10.0. The van der Waals surface area contributed by atoms with Gasteiger partial charge in [0, 0.05) is 11.4 Å². The van der Waals surface area contributed by atoms with E-state index in [-0.39, 0.29) is 5.33 Å². The summed E-state index contributed by atoms with van der Waals surface area (Å²) in [6.45, 7) is 0. The summed E-state index contributed by atoms with van der Waals surface area (Å²) < 4.78 is 4.65. The molecule has 0 bridgehead atoms. The summed E-state index contributed by atoms with van der Waals surface area (Å²) in [4.78, 5) is 10.6. The molecule has 0 saturated carbocycles. The molecule has 0 radical (unpaired) electrons. The van der Waals surface area contributed by atoms with E-state index in [1.807, 2.05) is 0 Å². The second kappa shape index (κ2) is 4.88. The molecule has 0 amide bonds. The Labute approximate surface area is 89.1 Å². The van der Waals surface area contributed by atoms with Crippen molar-refractivity contribution >= 4 is 21.9 Å². The smallest absolute Gasteiger partial charge is 0.331 e. The summed E-state index contributed by atoms with van der Waals surface area (Å²) in [5.41, 5.74) is 0. The maximum Gasteiger partial charge on any atom is 0.331 e. The van der Waals surface area contributed by atoms with Crippen LogP contribution in [-0.4, -0.2) is 51.0 Å². The molecule has 0 spiro atoms. The normalized spacial score (nSPS) is 27.1. The van der Waals surface area contributed by atoms with Gasteiger partial charge in [-0.05, 0) is 6.08 Å². The van der Waals surface area contributed by atoms with E-state index in [1.165, 1.54) is 12.2 Å². The molecule has 1 aliphatic heterocycles. The molecule has 1 heterocycles. The second-order valence-electron chi connectivity index (χ2n) is 2.96. The van der Waals surface area contributed by atoms with Gasteiger partial charge in [0.1, 0.15) is 18.3 Å². The Bertz CT molecular complexity index is 242. The van der Waals surface area contributed by atoms with Crippen LogP contribution in [0.5, 0.6) is 0 Å². The Kier molecular flexibility index (Phi) is 4.06. The number of rotatable bonds is 4. The van der Waals surface area contributed by atoms with Crippen molar-refractivity contribution in [2.45, 2.75) is 24.4 Å². The monoisotopic (exact) mass is 266 g/mol. The zero-order valence-electron chi connectivity index (χ0n) is 7.21. The van der Waals surface area contributed by atoms with Gasteiger partial charge in [0.25, 0.3) is 0 Å². The summed E-state index contributed by atoms with van der Waals surface area (Å²) >= 11 is 2.96. The van der Waals surface area contributed by atoms with Gasteiger partial charge in [0.2, 0.25) is 0 Å². The molecule has 0 unspecified atom stereocenters. The Morgan fingerprint density at radius 2 is 2.14 bits per heavy atom. The fourth-order valence-corrected chi connectivity index (χ4v) is 1.47. The van der Waals surface area contributed by atoms with E-state index < -0.39 is 30.4 Å². The molecule has 0 fully saturated rings. The van der Waals surface area contributed by atoms with Crippen LogP contribution in [0.25, 0.3) is 0 Å². The van der Waals surface area contributed by atoms with E-state index in [0.29, 0.717) is 0 Å². The first-order valence-electron chi connectivity index (χ1n) is 4.05. The molecule has 0 aromatic carbocycles. The predicted molar refractivity (Wildman–Crippen MR) is 50.8 cm³/mol. The zero-order chi connectivity index (χ0) is 10.7. The highest BCUT2D eigenvalue weighted by Crippen LogP contribution is 2.15. The van der Waals surface area contributed by atoms with Crippen LogP contribution in [0.3, 0.4) is 0 Å². The quantitative estimate of drug-likeness (QED) is 0.446. The van der Waals surface area contributed by atoms with Crippen molar-refractivity contribution in [1.82, 2.24) is 0 Å². The molecular weight excluding hydrogens is 256 g/mol. The van der Waals surface area contributed by atoms with Gasteiger partial charge in [-0.2, -0.15) is 0 Å². The largest absolute Gasteiger partial charge is 0.452 e. The van der Waals surface area contributed by atoms with E-state index in [2.05, 4.69) is 20.7 Å². The first-order valence-corrected chi connectivity index (χ1v) is 5.17. The van der Waals surface area contributed by atoms with Crippen molar-refractivity contribution in [2.24, 2.45) is 0 Å². The number of carbonyl (C=O) groups excluding carboxylic acids is 1. The number of alkyl halides is 1. The SMILES string of the molecule is O=C1C=C[C@H]([C@H](O)[C@H](O)[C@@H](O)CBr)O1. The molecule has 3 N–H and O–H groups in total. The summed E-state index contributed by atoms with van der Waals surface area (Å²) in [6, 6.07) is 0. The number of cyclic esters (lactones) is 1. The van der Waals surface area contributed by atoms with Crippen LogP contribution in [0.2, 0.25) is 0 Å². The number of hydrogen-bond acceptors (Lipinski definition) is 5. The van der Waals surface area contributed by atoms with Crippen LogP contribution < -0.4 is 0 Å². The third kappa shape index (κ3) is 2.54. The van der Waals surface area contributed by atoms with Gasteiger partial charge in [0.15, 0.2) is 0 Å². The van der Waals surface area contributed by atoms with E-state index in [4.69, 9.17) is 0 Å². The van der Waals surface area contributed by atoms with E-state index in [1.54, 1.807) is 0 Å². The van der Waals surface area contributed by atoms with Crippen LogP contribution in [-0.2, 0) is 9.53 Å². The zero-order valence-corrected chi connectivity index (χ0v) is 8.79. The number of esters is 1. The highest BCUT2D eigenvalue weighted by Gasteiger charge is 2.33. The van der Waals surface area contributed by atoms with Gasteiger partial charge in [-0.1, -0.05) is 15.9 Å². The fraction of sp³-hybridized carbons (Fsp3) is 0.625. The summed E-state index contributed by atoms with van der Waals surface area (Å²) in [7, 11) is 0. The third-order valence-electron chi connectivity index (χ3n) is 1.91. The molecule has 14 heavy (non-hydrogen) atoms. The number of ether oxygens (including phenoxy) is 1. The van der Waals surface area contributed by atoms with Crippen LogP contribution in [0, 0.1) is 0 Å². The molecule has 1 aliphatic rings. The van der Waals surface area contributed by atoms with Crippen molar-refractivity contribution in [1.29, 1.82) is 0 Å². The highest BCUT2D eigenvalue weighted by atomic mass is 79.9. The van der Waals surface area contributed by atoms with Crippen molar-refractivity contribution in [3.05, 3.63) is 12.2 Å². The van der Waals surface area contributed by atoms with Gasteiger partial charge in [-0.15, -0.1) is 0 Å². The number of carbonyl (C=O) groups is 1. The van der Waals surface area contributed by atoms with Gasteiger partial charge in [0.05, 0.1) is 6.10 Å². The van der Waals surface area contributed by atoms with E-state index in [0.717, 1.165) is 0 Å². The van der Waals surface area contributed by atoms with Crippen LogP contribution in [0.4, 0.5) is 0 Å². The van der Waals surface area contributed by atoms with Crippen LogP contribution in [0.15, 0.2) is 12.2 Å². The Hall–Kier alpha value is -0.430. The van der Waals surface area contributed by atoms with Crippen molar-refractivity contribution in [2.75, 3.05) is 5.33 Å². The molecule has 6 heteroatoms. The molecule has 4 atom stereocenters. The van der Waals surface area contributed by atoms with Gasteiger partial charge < -0.3 is 20.1 Å². The molecule has 0 aromatic heterocycles. The minimum absolute atomic E-state index is 0.135. The highest BCUT2D eigenvalue weighted by molar-refractivity contribution is 9.09. The van der Waals surface area contributed by atoms with Crippen LogP contribution >= 0.6 is 15.9 Å². The standard InChI is InChI=1S/C8H11BrO5/c9-3-4(10)7(12)8(13)5-1-2-6(11)14-5/h1-2,4-5,7-8,10,12-13H,3H2/t4-,5+,7+,8-/m0/s1. The number of aliphatic hydroxyl groups excluding tert-OH is 3. The summed E-state index contributed by atoms with van der Waals surface area (Å²) in [6.07, 6.45) is -2.14. The minimum atomic E-state index is -1.35. The summed E-state index contributed by atoms with van der Waals surface area (Å²) in [5.74, 6) is -0.561. The lowest BCUT2D eigenvalue weighted by Gasteiger charge is -2.24. The van der Waals surface area contributed by atoms with Crippen molar-refractivity contribution in [3.8, 4) is 0 Å². The molecule has 0 aliphatic carbocycles. The Balaban J connectivity index is 2.52. The first kappa shape index (κ1) is 11.6.